The van der Waals surface area contributed by atoms with E-state index in [1.807, 2.05) is 51.2 Å². The summed E-state index contributed by atoms with van der Waals surface area (Å²) >= 11 is 0. The number of amides is 3. The number of rotatable bonds is 5. The van der Waals surface area contributed by atoms with E-state index in [-0.39, 0.29) is 18.0 Å². The minimum atomic E-state index is -0.297. The van der Waals surface area contributed by atoms with Gasteiger partial charge >= 0.3 is 6.03 Å². The number of hydrogen-bond acceptors (Lipinski definition) is 3. The maximum atomic E-state index is 13.2. The van der Waals surface area contributed by atoms with Gasteiger partial charge in [-0.25, -0.2) is 9.78 Å². The Labute approximate surface area is 193 Å². The molecule has 7 heteroatoms. The maximum absolute atomic E-state index is 13.2. The van der Waals surface area contributed by atoms with Crippen molar-refractivity contribution in [1.82, 2.24) is 19.8 Å². The van der Waals surface area contributed by atoms with Crippen LogP contribution >= 0.6 is 0 Å². The van der Waals surface area contributed by atoms with Gasteiger partial charge in [0.1, 0.15) is 5.82 Å². The molecule has 0 atom stereocenters. The van der Waals surface area contributed by atoms with Crippen LogP contribution < -0.4 is 10.6 Å². The molecular weight excluding hydrogens is 414 g/mol. The lowest BCUT2D eigenvalue weighted by Gasteiger charge is -2.18. The smallest absolute Gasteiger partial charge is 0.320 e. The van der Waals surface area contributed by atoms with Crippen molar-refractivity contribution < 1.29 is 9.59 Å². The number of para-hydroxylation sites is 1. The summed E-state index contributed by atoms with van der Waals surface area (Å²) in [7, 11) is 3.88. The van der Waals surface area contributed by atoms with Crippen LogP contribution in [0.2, 0.25) is 0 Å². The summed E-state index contributed by atoms with van der Waals surface area (Å²) in [5.74, 6) is 0.408. The Morgan fingerprint density at radius 3 is 2.61 bits per heavy atom. The van der Waals surface area contributed by atoms with Crippen LogP contribution in [0.1, 0.15) is 35.5 Å². The highest BCUT2D eigenvalue weighted by Gasteiger charge is 2.18. The molecule has 2 N–H and O–H groups in total. The molecule has 170 valence electrons. The molecule has 2 aromatic carbocycles. The third kappa shape index (κ3) is 4.53. The van der Waals surface area contributed by atoms with Crippen molar-refractivity contribution in [3.63, 3.8) is 0 Å². The topological polar surface area (TPSA) is 79.3 Å². The van der Waals surface area contributed by atoms with E-state index in [1.165, 1.54) is 5.39 Å². The second kappa shape index (κ2) is 8.94. The normalized spacial score (nSPS) is 11.2. The average Bonchev–Trinajstić information content (AvgIpc) is 3.02. The minimum Gasteiger partial charge on any atom is -0.348 e. The van der Waals surface area contributed by atoms with Crippen LogP contribution in [-0.4, -0.2) is 39.5 Å². The zero-order valence-electron chi connectivity index (χ0n) is 19.6. The van der Waals surface area contributed by atoms with Crippen molar-refractivity contribution >= 4 is 39.6 Å². The molecule has 4 rings (SSSR count). The van der Waals surface area contributed by atoms with Gasteiger partial charge < -0.3 is 14.8 Å². The van der Waals surface area contributed by atoms with Gasteiger partial charge in [0, 0.05) is 54.2 Å². The number of pyridine rings is 1. The third-order valence-corrected chi connectivity index (χ3v) is 5.87. The van der Waals surface area contributed by atoms with Gasteiger partial charge in [-0.3, -0.25) is 10.1 Å². The van der Waals surface area contributed by atoms with Crippen molar-refractivity contribution in [1.29, 1.82) is 0 Å². The molecule has 33 heavy (non-hydrogen) atoms. The predicted octanol–water partition coefficient (Wildman–Crippen LogP) is 4.84. The highest BCUT2D eigenvalue weighted by molar-refractivity contribution is 5.98. The van der Waals surface area contributed by atoms with Crippen molar-refractivity contribution in [2.75, 3.05) is 12.4 Å². The molecule has 0 saturated heterocycles. The highest BCUT2D eigenvalue weighted by Crippen LogP contribution is 2.26. The van der Waals surface area contributed by atoms with Crippen LogP contribution in [0, 0.1) is 6.92 Å². The minimum absolute atomic E-state index is 0.0358. The van der Waals surface area contributed by atoms with Crippen LogP contribution in [0.5, 0.6) is 0 Å². The van der Waals surface area contributed by atoms with Gasteiger partial charge in [0.25, 0.3) is 5.91 Å². The monoisotopic (exact) mass is 443 g/mol. The van der Waals surface area contributed by atoms with Gasteiger partial charge in [-0.15, -0.1) is 0 Å². The number of aryl methyl sites for hydroxylation is 1. The molecule has 0 aliphatic heterocycles. The quantitative estimate of drug-likeness (QED) is 0.463. The van der Waals surface area contributed by atoms with Gasteiger partial charge in [-0.05, 0) is 62.7 Å². The fourth-order valence-corrected chi connectivity index (χ4v) is 4.07. The number of nitrogens with one attached hydrogen (secondary N) is 2. The van der Waals surface area contributed by atoms with Crippen molar-refractivity contribution in [3.8, 4) is 0 Å². The first-order valence-electron chi connectivity index (χ1n) is 11.0. The zero-order valence-corrected chi connectivity index (χ0v) is 19.6. The lowest BCUT2D eigenvalue weighted by atomic mass is 10.1. The predicted molar refractivity (Wildman–Crippen MR) is 132 cm³/mol. The number of nitrogens with zero attached hydrogens (tertiary/aromatic N) is 3. The lowest BCUT2D eigenvalue weighted by molar-refractivity contribution is 0.0785. The van der Waals surface area contributed by atoms with Gasteiger partial charge in [-0.1, -0.05) is 18.2 Å². The largest absolute Gasteiger partial charge is 0.348 e. The molecule has 2 aromatic heterocycles. The van der Waals surface area contributed by atoms with Gasteiger partial charge in [0.05, 0.1) is 5.52 Å². The molecule has 7 nitrogen and oxygen atoms in total. The summed E-state index contributed by atoms with van der Waals surface area (Å²) in [6.45, 7) is 6.40. The van der Waals surface area contributed by atoms with Crippen LogP contribution in [0.15, 0.2) is 54.6 Å². The number of benzene rings is 2. The van der Waals surface area contributed by atoms with E-state index in [1.54, 1.807) is 17.0 Å². The number of aromatic nitrogens is 2. The van der Waals surface area contributed by atoms with Gasteiger partial charge in [0.15, 0.2) is 0 Å². The van der Waals surface area contributed by atoms with E-state index in [0.717, 1.165) is 22.2 Å². The van der Waals surface area contributed by atoms with E-state index in [9.17, 15) is 9.59 Å². The Balaban J connectivity index is 1.54. The average molecular weight is 444 g/mol. The molecule has 0 aliphatic rings. The van der Waals surface area contributed by atoms with E-state index in [2.05, 4.69) is 46.3 Å². The van der Waals surface area contributed by atoms with E-state index >= 15 is 0 Å². The maximum Gasteiger partial charge on any atom is 0.320 e. The molecular formula is C26H29N5O2. The second-order valence-electron chi connectivity index (χ2n) is 8.66. The first kappa shape index (κ1) is 22.3. The molecule has 4 aromatic rings. The summed E-state index contributed by atoms with van der Waals surface area (Å²) in [4.78, 5) is 31.3. The van der Waals surface area contributed by atoms with E-state index in [0.29, 0.717) is 23.4 Å². The van der Waals surface area contributed by atoms with Crippen molar-refractivity contribution in [2.24, 2.45) is 7.05 Å². The molecule has 3 amide bonds. The number of urea groups is 1. The van der Waals surface area contributed by atoms with Crippen LogP contribution in [-0.2, 0) is 13.6 Å². The first-order valence-corrected chi connectivity index (χ1v) is 11.0. The van der Waals surface area contributed by atoms with Crippen LogP contribution in [0.4, 0.5) is 10.6 Å². The fourth-order valence-electron chi connectivity index (χ4n) is 4.07. The highest BCUT2D eigenvalue weighted by atomic mass is 16.2. The SMILES string of the molecule is Cc1c(CN(C)C(=O)c2ccc3nc(NC(=O)NC(C)C)ccc3c2)c2ccccc2n1C. The molecule has 2 heterocycles. The summed E-state index contributed by atoms with van der Waals surface area (Å²) in [5.41, 5.74) is 4.78. The standard InChI is InChI=1S/C26H29N5O2/c1-16(2)27-26(33)29-24-13-11-18-14-19(10-12-22(18)28-24)25(32)30(4)15-21-17(3)31(5)23-9-7-6-8-20(21)23/h6-14,16H,15H2,1-5H3,(H2,27,28,29,33). The number of carbonyl (C=O) groups is 2. The van der Waals surface area contributed by atoms with Crippen molar-refractivity contribution in [2.45, 2.75) is 33.4 Å². The number of hydrogen-bond donors (Lipinski definition) is 2. The first-order chi connectivity index (χ1) is 15.7. The molecule has 0 spiro atoms. The summed E-state index contributed by atoms with van der Waals surface area (Å²) in [6.07, 6.45) is 0. The second-order valence-corrected chi connectivity index (χ2v) is 8.66. The molecule has 0 unspecified atom stereocenters. The van der Waals surface area contributed by atoms with Crippen LogP contribution in [0.25, 0.3) is 21.8 Å². The van der Waals surface area contributed by atoms with E-state index in [4.69, 9.17) is 0 Å². The number of anilines is 1. The van der Waals surface area contributed by atoms with Crippen molar-refractivity contribution in [3.05, 3.63) is 71.4 Å². The van der Waals surface area contributed by atoms with Gasteiger partial charge in [-0.2, -0.15) is 0 Å². The number of carbonyl (C=O) groups excluding carboxylic acids is 2. The summed E-state index contributed by atoms with van der Waals surface area (Å²) < 4.78 is 2.16. The number of fused-ring (bicyclic) bond motifs is 2. The van der Waals surface area contributed by atoms with Crippen LogP contribution in [0.3, 0.4) is 0 Å². The Kier molecular flexibility index (Phi) is 6.05. The Hall–Kier alpha value is -3.87. The lowest BCUT2D eigenvalue weighted by Crippen LogP contribution is -2.34. The summed E-state index contributed by atoms with van der Waals surface area (Å²) in [5, 5.41) is 7.51. The molecule has 0 aliphatic carbocycles. The fraction of sp³-hybridized carbons (Fsp3) is 0.269. The Bertz CT molecular complexity index is 1360. The molecule has 0 saturated carbocycles. The zero-order chi connectivity index (χ0) is 23.7. The van der Waals surface area contributed by atoms with Gasteiger partial charge in [0.2, 0.25) is 0 Å². The molecule has 0 fully saturated rings. The Morgan fingerprint density at radius 1 is 1.09 bits per heavy atom. The Morgan fingerprint density at radius 2 is 1.85 bits per heavy atom. The molecule has 0 bridgehead atoms. The molecule has 0 radical (unpaired) electrons. The third-order valence-electron chi connectivity index (χ3n) is 5.87. The van der Waals surface area contributed by atoms with E-state index < -0.39 is 0 Å². The summed E-state index contributed by atoms with van der Waals surface area (Å²) in [6, 6.07) is 17.0.